The molecule has 35 heavy (non-hydrogen) atoms. The topological polar surface area (TPSA) is 97.7 Å². The molecule has 1 aliphatic heterocycles. The zero-order valence-corrected chi connectivity index (χ0v) is 19.2. The minimum atomic E-state index is -0.485. The van der Waals surface area contributed by atoms with E-state index in [4.69, 9.17) is 4.99 Å². The summed E-state index contributed by atoms with van der Waals surface area (Å²) in [6.07, 6.45) is 3.26. The molecule has 0 radical (unpaired) electrons. The van der Waals surface area contributed by atoms with Crippen LogP contribution in [0.4, 0.5) is 5.69 Å². The van der Waals surface area contributed by atoms with E-state index in [0.29, 0.717) is 26.9 Å². The lowest BCUT2D eigenvalue weighted by molar-refractivity contribution is -0.384. The fourth-order valence-electron chi connectivity index (χ4n) is 4.90. The van der Waals surface area contributed by atoms with Gasteiger partial charge in [-0.1, -0.05) is 59.9 Å². The van der Waals surface area contributed by atoms with Crippen molar-refractivity contribution in [2.75, 3.05) is 0 Å². The van der Waals surface area contributed by atoms with Crippen LogP contribution in [0, 0.1) is 10.1 Å². The van der Waals surface area contributed by atoms with Gasteiger partial charge in [-0.05, 0) is 53.3 Å². The molecule has 2 heterocycles. The Labute approximate surface area is 203 Å². The number of thiazole rings is 1. The van der Waals surface area contributed by atoms with Crippen molar-refractivity contribution in [3.05, 3.63) is 130 Å². The van der Waals surface area contributed by atoms with Crippen LogP contribution in [0.15, 0.2) is 88.2 Å². The highest BCUT2D eigenvalue weighted by molar-refractivity contribution is 7.07. The van der Waals surface area contributed by atoms with Crippen LogP contribution < -0.4 is 14.9 Å². The largest absolute Gasteiger partial charge is 0.508 e. The van der Waals surface area contributed by atoms with Gasteiger partial charge in [0.25, 0.3) is 11.2 Å². The van der Waals surface area contributed by atoms with Crippen LogP contribution in [0.3, 0.4) is 0 Å². The van der Waals surface area contributed by atoms with Gasteiger partial charge < -0.3 is 5.11 Å². The number of aromatic nitrogens is 1. The predicted octanol–water partition coefficient (Wildman–Crippen LogP) is 3.93. The third-order valence-corrected chi connectivity index (χ3v) is 7.42. The van der Waals surface area contributed by atoms with Crippen LogP contribution in [0.2, 0.25) is 0 Å². The maximum atomic E-state index is 13.7. The summed E-state index contributed by atoms with van der Waals surface area (Å²) < 4.78 is 2.14. The molecule has 6 rings (SSSR count). The van der Waals surface area contributed by atoms with E-state index in [1.807, 2.05) is 30.3 Å². The molecule has 0 saturated heterocycles. The van der Waals surface area contributed by atoms with E-state index in [1.54, 1.807) is 41.0 Å². The van der Waals surface area contributed by atoms with Gasteiger partial charge in [0.1, 0.15) is 5.75 Å². The highest BCUT2D eigenvalue weighted by Gasteiger charge is 2.33. The Balaban J connectivity index is 1.64. The standard InChI is InChI=1S/C27H19N3O4S/c31-20-9-3-5-16(13-20)14-23-26(32)29-25(18-7-4-8-19(15-18)30(33)34)22-12-11-17-6-1-2-10-21(17)24(22)28-27(29)35-23/h1-10,13-15,25,31H,11-12H2/b23-14+/t25-/m0/s1. The molecular weight excluding hydrogens is 462 g/mol. The summed E-state index contributed by atoms with van der Waals surface area (Å²) in [4.78, 5) is 30.3. The van der Waals surface area contributed by atoms with Gasteiger partial charge in [0.15, 0.2) is 4.80 Å². The molecule has 0 bridgehead atoms. The molecule has 1 aliphatic carbocycles. The van der Waals surface area contributed by atoms with Crippen molar-refractivity contribution >= 4 is 28.8 Å². The van der Waals surface area contributed by atoms with E-state index in [2.05, 4.69) is 6.07 Å². The summed E-state index contributed by atoms with van der Waals surface area (Å²) >= 11 is 1.28. The SMILES string of the molecule is O=c1/c(=C\c2cccc(O)c2)sc2n1[C@@H](c1cccc([N+](=O)[O-])c1)C1=C(N=2)c2ccccc2CC1. The average molecular weight is 482 g/mol. The van der Waals surface area contributed by atoms with E-state index in [1.165, 1.54) is 23.0 Å². The quantitative estimate of drug-likeness (QED) is 0.354. The van der Waals surface area contributed by atoms with E-state index >= 15 is 0 Å². The molecule has 8 heteroatoms. The normalized spacial score (nSPS) is 16.8. The Morgan fingerprint density at radius 2 is 1.89 bits per heavy atom. The van der Waals surface area contributed by atoms with Crippen molar-refractivity contribution in [1.29, 1.82) is 0 Å². The first-order chi connectivity index (χ1) is 17.0. The second-order valence-electron chi connectivity index (χ2n) is 8.56. The van der Waals surface area contributed by atoms with Gasteiger partial charge in [-0.2, -0.15) is 0 Å². The number of aromatic hydroxyl groups is 1. The minimum absolute atomic E-state index is 0.0141. The molecule has 1 aromatic heterocycles. The van der Waals surface area contributed by atoms with Crippen molar-refractivity contribution in [2.45, 2.75) is 18.9 Å². The molecule has 7 nitrogen and oxygen atoms in total. The molecular formula is C27H19N3O4S. The summed E-state index contributed by atoms with van der Waals surface area (Å²) in [7, 11) is 0. The van der Waals surface area contributed by atoms with Gasteiger partial charge in [0, 0.05) is 17.7 Å². The van der Waals surface area contributed by atoms with Gasteiger partial charge in [0.05, 0.1) is 21.2 Å². The number of non-ortho nitro benzene ring substituents is 1. The number of hydrogen-bond donors (Lipinski definition) is 1. The van der Waals surface area contributed by atoms with Crippen LogP contribution in [-0.4, -0.2) is 14.6 Å². The Bertz CT molecular complexity index is 1730. The number of nitro benzene ring substituents is 1. The Morgan fingerprint density at radius 1 is 1.06 bits per heavy atom. The lowest BCUT2D eigenvalue weighted by atomic mass is 9.83. The first-order valence-corrected chi connectivity index (χ1v) is 12.0. The smallest absolute Gasteiger partial charge is 0.271 e. The Morgan fingerprint density at radius 3 is 2.71 bits per heavy atom. The highest BCUT2D eigenvalue weighted by Crippen LogP contribution is 2.41. The van der Waals surface area contributed by atoms with Crippen molar-refractivity contribution in [3.8, 4) is 5.75 Å². The maximum absolute atomic E-state index is 13.7. The van der Waals surface area contributed by atoms with Gasteiger partial charge in [0.2, 0.25) is 0 Å². The second-order valence-corrected chi connectivity index (χ2v) is 9.57. The molecule has 3 aromatic carbocycles. The molecule has 1 atom stereocenters. The van der Waals surface area contributed by atoms with Crippen LogP contribution in [0.5, 0.6) is 5.75 Å². The second kappa shape index (κ2) is 8.18. The fourth-order valence-corrected chi connectivity index (χ4v) is 5.90. The predicted molar refractivity (Wildman–Crippen MR) is 134 cm³/mol. The van der Waals surface area contributed by atoms with E-state index in [0.717, 1.165) is 23.3 Å². The summed E-state index contributed by atoms with van der Waals surface area (Å²) in [6.45, 7) is 0. The molecule has 2 aliphatic rings. The van der Waals surface area contributed by atoms with Gasteiger partial charge in [-0.15, -0.1) is 0 Å². The summed E-state index contributed by atoms with van der Waals surface area (Å²) in [5.41, 5.74) is 5.23. The molecule has 172 valence electrons. The monoisotopic (exact) mass is 481 g/mol. The molecule has 0 amide bonds. The van der Waals surface area contributed by atoms with E-state index in [-0.39, 0.29) is 17.0 Å². The third-order valence-electron chi connectivity index (χ3n) is 6.44. The summed E-state index contributed by atoms with van der Waals surface area (Å²) in [6, 6.07) is 20.8. The first-order valence-electron chi connectivity index (χ1n) is 11.2. The molecule has 0 spiro atoms. The van der Waals surface area contributed by atoms with Crippen LogP contribution in [0.25, 0.3) is 11.8 Å². The third kappa shape index (κ3) is 3.59. The van der Waals surface area contributed by atoms with Gasteiger partial charge >= 0.3 is 0 Å². The van der Waals surface area contributed by atoms with E-state index in [9.17, 15) is 20.0 Å². The Kier molecular flexibility index (Phi) is 4.96. The number of phenols is 1. The van der Waals surface area contributed by atoms with Crippen molar-refractivity contribution in [3.63, 3.8) is 0 Å². The highest BCUT2D eigenvalue weighted by atomic mass is 32.1. The number of phenolic OH excluding ortho intramolecular Hbond substituents is 1. The number of aryl methyl sites for hydroxylation is 1. The van der Waals surface area contributed by atoms with Crippen molar-refractivity contribution < 1.29 is 10.0 Å². The maximum Gasteiger partial charge on any atom is 0.271 e. The first kappa shape index (κ1) is 21.2. The zero-order chi connectivity index (χ0) is 24.1. The van der Waals surface area contributed by atoms with E-state index < -0.39 is 11.0 Å². The molecule has 1 N–H and O–H groups in total. The number of nitrogens with zero attached hydrogens (tertiary/aromatic N) is 3. The van der Waals surface area contributed by atoms with Gasteiger partial charge in [-0.25, -0.2) is 4.99 Å². The Hall–Kier alpha value is -4.30. The number of allylic oxidation sites excluding steroid dienone is 1. The summed E-state index contributed by atoms with van der Waals surface area (Å²) in [5, 5.41) is 21.3. The number of fused-ring (bicyclic) bond motifs is 3. The number of rotatable bonds is 3. The summed E-state index contributed by atoms with van der Waals surface area (Å²) in [5.74, 6) is 0.119. The van der Waals surface area contributed by atoms with Crippen molar-refractivity contribution in [2.24, 2.45) is 4.99 Å². The zero-order valence-electron chi connectivity index (χ0n) is 18.4. The lowest BCUT2D eigenvalue weighted by Gasteiger charge is -2.30. The molecule has 4 aromatic rings. The van der Waals surface area contributed by atoms with Crippen LogP contribution >= 0.6 is 11.3 Å². The lowest BCUT2D eigenvalue weighted by Crippen LogP contribution is -2.38. The molecule has 0 saturated carbocycles. The minimum Gasteiger partial charge on any atom is -0.508 e. The van der Waals surface area contributed by atoms with Crippen LogP contribution in [-0.2, 0) is 6.42 Å². The number of nitro groups is 1. The van der Waals surface area contributed by atoms with Crippen LogP contribution in [0.1, 0.15) is 34.7 Å². The fraction of sp³-hybridized carbons (Fsp3) is 0.111. The van der Waals surface area contributed by atoms with Crippen molar-refractivity contribution in [1.82, 2.24) is 4.57 Å². The number of hydrogen-bond acceptors (Lipinski definition) is 6. The number of benzene rings is 3. The average Bonchev–Trinajstić information content (AvgIpc) is 3.17. The molecule has 0 fully saturated rings. The van der Waals surface area contributed by atoms with Gasteiger partial charge in [-0.3, -0.25) is 19.5 Å². The molecule has 0 unspecified atom stereocenters.